The number of hydrogen-bond acceptors (Lipinski definition) is 5. The fraction of sp³-hybridized carbons (Fsp3) is 0.647. The molecule has 0 amide bonds. The van der Waals surface area contributed by atoms with Gasteiger partial charge in [-0.05, 0) is 66.1 Å². The molecule has 1 aromatic carbocycles. The first-order valence-electron chi connectivity index (χ1n) is 8.53. The summed E-state index contributed by atoms with van der Waals surface area (Å²) in [6.07, 6.45) is 0. The van der Waals surface area contributed by atoms with E-state index < -0.39 is 33.6 Å². The lowest BCUT2D eigenvalue weighted by Gasteiger charge is -2.32. The minimum Gasteiger partial charge on any atom is -0.494 e. The second-order valence-corrected chi connectivity index (χ2v) is 9.74. The van der Waals surface area contributed by atoms with Crippen molar-refractivity contribution in [3.8, 4) is 5.75 Å². The van der Waals surface area contributed by atoms with E-state index in [1.807, 2.05) is 40.7 Å². The third-order valence-corrected chi connectivity index (χ3v) is 6.41. The zero-order valence-corrected chi connectivity index (χ0v) is 16.9. The van der Waals surface area contributed by atoms with Crippen LogP contribution in [0.2, 0.25) is 0 Å². The van der Waals surface area contributed by atoms with Crippen molar-refractivity contribution < 1.29 is 22.5 Å². The van der Waals surface area contributed by atoms with Crippen LogP contribution in [0.1, 0.15) is 48.5 Å². The maximum absolute atomic E-state index is 12.2. The van der Waals surface area contributed by atoms with Crippen LogP contribution in [-0.4, -0.2) is 38.6 Å². The summed E-state index contributed by atoms with van der Waals surface area (Å²) < 4.78 is 44.7. The van der Waals surface area contributed by atoms with Crippen LogP contribution in [0.25, 0.3) is 0 Å². The second kappa shape index (κ2) is 6.81. The summed E-state index contributed by atoms with van der Waals surface area (Å²) in [4.78, 5) is 0. The first-order valence-corrected chi connectivity index (χ1v) is 10.1. The van der Waals surface area contributed by atoms with Gasteiger partial charge < -0.3 is 14.0 Å². The summed E-state index contributed by atoms with van der Waals surface area (Å²) in [5.41, 5.74) is 0.198. The predicted octanol–water partition coefficient (Wildman–Crippen LogP) is 2.53. The summed E-state index contributed by atoms with van der Waals surface area (Å²) >= 11 is 0. The van der Waals surface area contributed by atoms with Gasteiger partial charge in [-0.1, -0.05) is 0 Å². The third kappa shape index (κ3) is 4.30. The van der Waals surface area contributed by atoms with Crippen LogP contribution in [0.3, 0.4) is 0 Å². The fourth-order valence-electron chi connectivity index (χ4n) is 2.33. The van der Waals surface area contributed by atoms with Gasteiger partial charge in [0.25, 0.3) is 0 Å². The van der Waals surface area contributed by atoms with Crippen LogP contribution in [0, 0.1) is 0 Å². The van der Waals surface area contributed by atoms with Crippen molar-refractivity contribution in [2.75, 3.05) is 11.3 Å². The molecule has 0 spiro atoms. The van der Waals surface area contributed by atoms with E-state index in [-0.39, 0.29) is 0 Å². The molecule has 1 fully saturated rings. The Morgan fingerprint density at radius 1 is 1.12 bits per heavy atom. The fourth-order valence-corrected chi connectivity index (χ4v) is 3.01. The lowest BCUT2D eigenvalue weighted by molar-refractivity contribution is 0.00578. The first-order chi connectivity index (χ1) is 11.4. The van der Waals surface area contributed by atoms with Crippen molar-refractivity contribution >= 4 is 28.3 Å². The van der Waals surface area contributed by atoms with Crippen molar-refractivity contribution in [1.82, 2.24) is 0 Å². The molecule has 0 aromatic heterocycles. The molecule has 25 heavy (non-hydrogen) atoms. The Bertz CT molecular complexity index is 715. The number of benzene rings is 1. The number of hydrogen-bond donors (Lipinski definition) is 1. The molecule has 0 radical (unpaired) electrons. The Kier molecular flexibility index (Phi) is 5.47. The molecular formula is C17H28BNO5S. The number of rotatable bonds is 6. The van der Waals surface area contributed by atoms with Gasteiger partial charge in [0.15, 0.2) is 0 Å². The lowest BCUT2D eigenvalue weighted by atomic mass is 9.79. The van der Waals surface area contributed by atoms with Gasteiger partial charge >= 0.3 is 7.12 Å². The zero-order valence-electron chi connectivity index (χ0n) is 16.0. The Morgan fingerprint density at radius 3 is 2.16 bits per heavy atom. The average molecular weight is 369 g/mol. The number of ether oxygens (including phenoxy) is 1. The molecule has 0 unspecified atom stereocenters. The summed E-state index contributed by atoms with van der Waals surface area (Å²) in [7, 11) is -4.05. The van der Waals surface area contributed by atoms with E-state index in [1.165, 1.54) is 0 Å². The molecule has 8 heteroatoms. The van der Waals surface area contributed by atoms with Gasteiger partial charge in [-0.25, -0.2) is 8.42 Å². The maximum Gasteiger partial charge on any atom is 0.495 e. The number of nitrogens with one attached hydrogen (secondary N) is 1. The predicted molar refractivity (Wildman–Crippen MR) is 101 cm³/mol. The standard InChI is InChI=1S/C17H28BNO5S/c1-8-22-15-10-13(18-23-16(4,5)17(6,7)24-18)9-14(11-15)19-25(20,21)12(2)3/h9-12,19H,8H2,1-7H3. The molecular weight excluding hydrogens is 341 g/mol. The van der Waals surface area contributed by atoms with Crippen LogP contribution >= 0.6 is 0 Å². The summed E-state index contributed by atoms with van der Waals surface area (Å²) in [6, 6.07) is 5.21. The van der Waals surface area contributed by atoms with Gasteiger partial charge in [0.1, 0.15) is 5.75 Å². The molecule has 1 N–H and O–H groups in total. The van der Waals surface area contributed by atoms with Crippen molar-refractivity contribution in [2.45, 2.75) is 64.9 Å². The molecule has 140 valence electrons. The second-order valence-electron chi connectivity index (χ2n) is 7.51. The third-order valence-electron chi connectivity index (χ3n) is 4.65. The van der Waals surface area contributed by atoms with Gasteiger partial charge in [-0.15, -0.1) is 0 Å². The van der Waals surface area contributed by atoms with Crippen molar-refractivity contribution in [2.24, 2.45) is 0 Å². The Balaban J connectivity index is 2.39. The van der Waals surface area contributed by atoms with Gasteiger partial charge in [-0.2, -0.15) is 0 Å². The van der Waals surface area contributed by atoms with E-state index in [4.69, 9.17) is 14.0 Å². The van der Waals surface area contributed by atoms with Crippen LogP contribution in [0.5, 0.6) is 5.75 Å². The molecule has 1 saturated heterocycles. The highest BCUT2D eigenvalue weighted by Crippen LogP contribution is 2.37. The van der Waals surface area contributed by atoms with E-state index in [0.29, 0.717) is 23.5 Å². The highest BCUT2D eigenvalue weighted by atomic mass is 32.2. The van der Waals surface area contributed by atoms with Gasteiger partial charge in [0.05, 0.1) is 28.7 Å². The van der Waals surface area contributed by atoms with Gasteiger partial charge in [0, 0.05) is 6.07 Å². The largest absolute Gasteiger partial charge is 0.495 e. The van der Waals surface area contributed by atoms with Crippen molar-refractivity contribution in [3.05, 3.63) is 18.2 Å². The molecule has 0 bridgehead atoms. The van der Waals surface area contributed by atoms with Crippen LogP contribution in [0.4, 0.5) is 5.69 Å². The van der Waals surface area contributed by atoms with Gasteiger partial charge in [-0.3, -0.25) is 4.72 Å². The molecule has 1 aliphatic rings. The number of anilines is 1. The van der Waals surface area contributed by atoms with Crippen LogP contribution in [0.15, 0.2) is 18.2 Å². The van der Waals surface area contributed by atoms with E-state index in [2.05, 4.69) is 4.72 Å². The van der Waals surface area contributed by atoms with Crippen molar-refractivity contribution in [1.29, 1.82) is 0 Å². The summed E-state index contributed by atoms with van der Waals surface area (Å²) in [6.45, 7) is 13.5. The van der Waals surface area contributed by atoms with Crippen LogP contribution in [-0.2, 0) is 19.3 Å². The van der Waals surface area contributed by atoms with Gasteiger partial charge in [0.2, 0.25) is 10.0 Å². The van der Waals surface area contributed by atoms with Crippen molar-refractivity contribution in [3.63, 3.8) is 0 Å². The summed E-state index contributed by atoms with van der Waals surface area (Å²) in [5, 5.41) is -0.538. The maximum atomic E-state index is 12.2. The molecule has 0 saturated carbocycles. The highest BCUT2D eigenvalue weighted by Gasteiger charge is 2.51. The Labute approximate surface area is 151 Å². The average Bonchev–Trinajstić information content (AvgIpc) is 2.67. The Hall–Kier alpha value is -1.25. The van der Waals surface area contributed by atoms with E-state index >= 15 is 0 Å². The summed E-state index contributed by atoms with van der Waals surface area (Å²) in [5.74, 6) is 0.566. The molecule has 2 rings (SSSR count). The highest BCUT2D eigenvalue weighted by molar-refractivity contribution is 7.93. The van der Waals surface area contributed by atoms with E-state index in [0.717, 1.165) is 0 Å². The molecule has 1 aliphatic heterocycles. The molecule has 0 atom stereocenters. The lowest BCUT2D eigenvalue weighted by Crippen LogP contribution is -2.41. The molecule has 1 aromatic rings. The number of sulfonamides is 1. The minimum atomic E-state index is -3.46. The molecule has 6 nitrogen and oxygen atoms in total. The smallest absolute Gasteiger partial charge is 0.494 e. The monoisotopic (exact) mass is 369 g/mol. The zero-order chi connectivity index (χ0) is 19.0. The molecule has 1 heterocycles. The first kappa shape index (κ1) is 20.1. The Morgan fingerprint density at radius 2 is 1.68 bits per heavy atom. The van der Waals surface area contributed by atoms with Crippen LogP contribution < -0.4 is 14.9 Å². The quantitative estimate of drug-likeness (QED) is 0.780. The molecule has 0 aliphatic carbocycles. The normalized spacial score (nSPS) is 19.3. The van der Waals surface area contributed by atoms with E-state index in [1.54, 1.807) is 26.0 Å². The SMILES string of the molecule is CCOc1cc(NS(=O)(=O)C(C)C)cc(B2OC(C)(C)C(C)(C)O2)c1. The topological polar surface area (TPSA) is 73.9 Å². The minimum absolute atomic E-state index is 0.435. The van der Waals surface area contributed by atoms with E-state index in [9.17, 15) is 8.42 Å².